The number of nitrogens with one attached hydrogen (secondary N) is 1. The van der Waals surface area contributed by atoms with Crippen LogP contribution in [0.5, 0.6) is 0 Å². The Hall–Kier alpha value is -3.15. The first-order valence-electron chi connectivity index (χ1n) is 11.0. The van der Waals surface area contributed by atoms with Gasteiger partial charge in [-0.15, -0.1) is 0 Å². The number of anilines is 1. The molecule has 1 saturated heterocycles. The zero-order valence-electron chi connectivity index (χ0n) is 17.8. The van der Waals surface area contributed by atoms with Crippen LogP contribution >= 0.6 is 0 Å². The normalized spacial score (nSPS) is 13.1. The Morgan fingerprint density at radius 3 is 2.29 bits per heavy atom. The molecular weight excluding hydrogens is 392 g/mol. The van der Waals surface area contributed by atoms with Gasteiger partial charge in [-0.1, -0.05) is 30.3 Å². The van der Waals surface area contributed by atoms with Crippen molar-refractivity contribution in [3.8, 4) is 0 Å². The first kappa shape index (κ1) is 22.5. The SMILES string of the molecule is O=C(CCCC(=O)OCCCc1ccccc1)Nc1ccc(C(=O)N2CCCC2)cc1. The standard InChI is InChI=1S/C25H30N2O4/c28-23(11-6-12-24(29)31-19-7-10-20-8-2-1-3-9-20)26-22-15-13-21(14-16-22)25(30)27-17-4-5-18-27/h1-3,8-9,13-16H,4-7,10-12,17-19H2,(H,26,28). The van der Waals surface area contributed by atoms with E-state index in [1.165, 1.54) is 5.56 Å². The summed E-state index contributed by atoms with van der Waals surface area (Å²) in [5.74, 6) is -0.390. The highest BCUT2D eigenvalue weighted by Gasteiger charge is 2.19. The van der Waals surface area contributed by atoms with E-state index in [1.807, 2.05) is 23.1 Å². The second kappa shape index (κ2) is 11.9. The maximum absolute atomic E-state index is 12.3. The third kappa shape index (κ3) is 7.55. The van der Waals surface area contributed by atoms with Crippen molar-refractivity contribution >= 4 is 23.5 Å². The summed E-state index contributed by atoms with van der Waals surface area (Å²) in [6, 6.07) is 17.0. The van der Waals surface area contributed by atoms with Gasteiger partial charge in [0.1, 0.15) is 0 Å². The van der Waals surface area contributed by atoms with E-state index in [0.29, 0.717) is 24.3 Å². The molecule has 0 radical (unpaired) electrons. The van der Waals surface area contributed by atoms with Crippen molar-refractivity contribution < 1.29 is 19.1 Å². The fraction of sp³-hybridized carbons (Fsp3) is 0.400. The van der Waals surface area contributed by atoms with Gasteiger partial charge >= 0.3 is 5.97 Å². The molecule has 0 saturated carbocycles. The van der Waals surface area contributed by atoms with E-state index in [4.69, 9.17) is 4.74 Å². The van der Waals surface area contributed by atoms with Crippen LogP contribution in [-0.2, 0) is 20.7 Å². The lowest BCUT2D eigenvalue weighted by Gasteiger charge is -2.15. The lowest BCUT2D eigenvalue weighted by molar-refractivity contribution is -0.143. The molecule has 0 aromatic heterocycles. The van der Waals surface area contributed by atoms with E-state index in [9.17, 15) is 14.4 Å². The molecule has 0 bridgehead atoms. The second-order valence-corrected chi connectivity index (χ2v) is 7.79. The molecule has 3 rings (SSSR count). The number of ether oxygens (including phenoxy) is 1. The molecule has 1 N–H and O–H groups in total. The predicted octanol–water partition coefficient (Wildman–Crippen LogP) is 4.21. The van der Waals surface area contributed by atoms with Gasteiger partial charge in [0.2, 0.25) is 5.91 Å². The van der Waals surface area contributed by atoms with E-state index in [1.54, 1.807) is 24.3 Å². The molecule has 2 aromatic rings. The third-order valence-electron chi connectivity index (χ3n) is 5.31. The molecule has 0 spiro atoms. The molecule has 1 heterocycles. The molecule has 6 nitrogen and oxygen atoms in total. The zero-order chi connectivity index (χ0) is 21.9. The molecule has 164 valence electrons. The van der Waals surface area contributed by atoms with Crippen LogP contribution in [0.25, 0.3) is 0 Å². The van der Waals surface area contributed by atoms with Crippen molar-refractivity contribution in [2.75, 3.05) is 25.0 Å². The Kier molecular flexibility index (Phi) is 8.64. The first-order valence-corrected chi connectivity index (χ1v) is 11.0. The number of carbonyl (C=O) groups excluding carboxylic acids is 3. The summed E-state index contributed by atoms with van der Waals surface area (Å²) in [4.78, 5) is 38.1. The van der Waals surface area contributed by atoms with Crippen molar-refractivity contribution in [2.45, 2.75) is 44.9 Å². The number of aryl methyl sites for hydroxylation is 1. The molecular formula is C25H30N2O4. The van der Waals surface area contributed by atoms with Gasteiger partial charge in [-0.2, -0.15) is 0 Å². The van der Waals surface area contributed by atoms with Crippen LogP contribution in [0.4, 0.5) is 5.69 Å². The smallest absolute Gasteiger partial charge is 0.305 e. The van der Waals surface area contributed by atoms with Crippen LogP contribution < -0.4 is 5.32 Å². The minimum Gasteiger partial charge on any atom is -0.466 e. The number of hydrogen-bond donors (Lipinski definition) is 1. The zero-order valence-corrected chi connectivity index (χ0v) is 17.8. The topological polar surface area (TPSA) is 75.7 Å². The quantitative estimate of drug-likeness (QED) is 0.460. The van der Waals surface area contributed by atoms with Gasteiger partial charge in [0.15, 0.2) is 0 Å². The fourth-order valence-corrected chi connectivity index (χ4v) is 3.59. The fourth-order valence-electron chi connectivity index (χ4n) is 3.59. The lowest BCUT2D eigenvalue weighted by Crippen LogP contribution is -2.27. The van der Waals surface area contributed by atoms with Crippen LogP contribution in [0.15, 0.2) is 54.6 Å². The van der Waals surface area contributed by atoms with Gasteiger partial charge < -0.3 is 15.0 Å². The summed E-state index contributed by atoms with van der Waals surface area (Å²) in [5.41, 5.74) is 2.50. The number of esters is 1. The number of nitrogens with zero attached hydrogens (tertiary/aromatic N) is 1. The third-order valence-corrected chi connectivity index (χ3v) is 5.31. The molecule has 2 amide bonds. The maximum Gasteiger partial charge on any atom is 0.305 e. The Bertz CT molecular complexity index is 859. The number of amides is 2. The highest BCUT2D eigenvalue weighted by molar-refractivity contribution is 5.96. The summed E-state index contributed by atoms with van der Waals surface area (Å²) in [6.07, 6.45) is 4.68. The Morgan fingerprint density at radius 1 is 0.871 bits per heavy atom. The molecule has 1 aliphatic rings. The van der Waals surface area contributed by atoms with Gasteiger partial charge in [0, 0.05) is 37.2 Å². The average molecular weight is 423 g/mol. The summed E-state index contributed by atoms with van der Waals surface area (Å²) < 4.78 is 5.24. The molecule has 31 heavy (non-hydrogen) atoms. The van der Waals surface area contributed by atoms with Crippen molar-refractivity contribution in [3.63, 3.8) is 0 Å². The average Bonchev–Trinajstić information content (AvgIpc) is 3.32. The number of carbonyl (C=O) groups is 3. The Labute approximate surface area is 183 Å². The minimum absolute atomic E-state index is 0.0395. The molecule has 2 aromatic carbocycles. The van der Waals surface area contributed by atoms with Crippen LogP contribution in [0.3, 0.4) is 0 Å². The lowest BCUT2D eigenvalue weighted by atomic mass is 10.1. The molecule has 6 heteroatoms. The van der Waals surface area contributed by atoms with Crippen LogP contribution in [0.1, 0.15) is 54.4 Å². The number of benzene rings is 2. The van der Waals surface area contributed by atoms with Gasteiger partial charge in [-0.05, 0) is 61.9 Å². The molecule has 1 fully saturated rings. The minimum atomic E-state index is -0.273. The van der Waals surface area contributed by atoms with Crippen LogP contribution in [-0.4, -0.2) is 42.4 Å². The number of rotatable bonds is 10. The van der Waals surface area contributed by atoms with Crippen molar-refractivity contribution in [1.29, 1.82) is 0 Å². The van der Waals surface area contributed by atoms with Gasteiger partial charge in [0.05, 0.1) is 6.61 Å². The Balaban J connectivity index is 1.29. The highest BCUT2D eigenvalue weighted by Crippen LogP contribution is 2.16. The van der Waals surface area contributed by atoms with Crippen molar-refractivity contribution in [2.24, 2.45) is 0 Å². The van der Waals surface area contributed by atoms with Gasteiger partial charge in [-0.3, -0.25) is 14.4 Å². The van der Waals surface area contributed by atoms with Crippen molar-refractivity contribution in [3.05, 3.63) is 65.7 Å². The van der Waals surface area contributed by atoms with E-state index >= 15 is 0 Å². The second-order valence-electron chi connectivity index (χ2n) is 7.79. The van der Waals surface area contributed by atoms with Crippen LogP contribution in [0.2, 0.25) is 0 Å². The van der Waals surface area contributed by atoms with E-state index in [0.717, 1.165) is 38.8 Å². The predicted molar refractivity (Wildman–Crippen MR) is 120 cm³/mol. The monoisotopic (exact) mass is 422 g/mol. The van der Waals surface area contributed by atoms with Gasteiger partial charge in [-0.25, -0.2) is 0 Å². The molecule has 0 unspecified atom stereocenters. The molecule has 0 aliphatic carbocycles. The number of hydrogen-bond acceptors (Lipinski definition) is 4. The summed E-state index contributed by atoms with van der Waals surface area (Å²) >= 11 is 0. The largest absolute Gasteiger partial charge is 0.466 e. The van der Waals surface area contributed by atoms with E-state index in [-0.39, 0.29) is 30.6 Å². The first-order chi connectivity index (χ1) is 15.1. The summed E-state index contributed by atoms with van der Waals surface area (Å²) in [7, 11) is 0. The highest BCUT2D eigenvalue weighted by atomic mass is 16.5. The molecule has 0 atom stereocenters. The summed E-state index contributed by atoms with van der Waals surface area (Å²) in [5, 5.41) is 2.81. The maximum atomic E-state index is 12.3. The van der Waals surface area contributed by atoms with Crippen molar-refractivity contribution in [1.82, 2.24) is 4.90 Å². The molecule has 1 aliphatic heterocycles. The summed E-state index contributed by atoms with van der Waals surface area (Å²) in [6.45, 7) is 2.02. The number of likely N-dealkylation sites (tertiary alicyclic amines) is 1. The Morgan fingerprint density at radius 2 is 1.58 bits per heavy atom. The van der Waals surface area contributed by atoms with Gasteiger partial charge in [0.25, 0.3) is 5.91 Å². The van der Waals surface area contributed by atoms with Crippen LogP contribution in [0, 0.1) is 0 Å². The van der Waals surface area contributed by atoms with E-state index < -0.39 is 0 Å². The van der Waals surface area contributed by atoms with E-state index in [2.05, 4.69) is 17.4 Å².